The lowest BCUT2D eigenvalue weighted by molar-refractivity contribution is 0.197. The van der Waals surface area contributed by atoms with Crippen LogP contribution in [-0.4, -0.2) is 26.2 Å². The van der Waals surface area contributed by atoms with Gasteiger partial charge in [0.2, 0.25) is 10.0 Å². The molecule has 0 amide bonds. The Morgan fingerprint density at radius 1 is 1.21 bits per heavy atom. The van der Waals surface area contributed by atoms with Crippen LogP contribution in [0.5, 0.6) is 0 Å². The first-order valence-electron chi connectivity index (χ1n) is 6.16. The van der Waals surface area contributed by atoms with Crippen molar-refractivity contribution in [2.24, 2.45) is 11.8 Å². The van der Waals surface area contributed by atoms with Gasteiger partial charge >= 0.3 is 0 Å². The van der Waals surface area contributed by atoms with E-state index in [0.717, 1.165) is 0 Å². The van der Waals surface area contributed by atoms with Gasteiger partial charge in [0, 0.05) is 11.1 Å². The number of hydrogen-bond donors (Lipinski definition) is 2. The molecule has 1 aromatic carbocycles. The zero-order chi connectivity index (χ0) is 14.6. The van der Waals surface area contributed by atoms with Crippen LogP contribution in [0.4, 0.5) is 0 Å². The molecule has 19 heavy (non-hydrogen) atoms. The van der Waals surface area contributed by atoms with Gasteiger partial charge in [-0.15, -0.1) is 0 Å². The van der Waals surface area contributed by atoms with Crippen molar-refractivity contribution in [3.63, 3.8) is 0 Å². The maximum absolute atomic E-state index is 12.2. The average molecular weight is 306 g/mol. The van der Waals surface area contributed by atoms with Crippen LogP contribution in [0.25, 0.3) is 0 Å². The van der Waals surface area contributed by atoms with Gasteiger partial charge in [0.15, 0.2) is 0 Å². The second kappa shape index (κ2) is 6.70. The smallest absolute Gasteiger partial charge is 0.240 e. The van der Waals surface area contributed by atoms with Crippen molar-refractivity contribution in [2.75, 3.05) is 6.61 Å². The van der Waals surface area contributed by atoms with Gasteiger partial charge in [-0.2, -0.15) is 0 Å². The highest BCUT2D eigenvalue weighted by Crippen LogP contribution is 2.18. The van der Waals surface area contributed by atoms with Gasteiger partial charge in [-0.25, -0.2) is 13.1 Å². The van der Waals surface area contributed by atoms with Crippen molar-refractivity contribution in [2.45, 2.75) is 31.7 Å². The van der Waals surface area contributed by atoms with E-state index in [1.807, 2.05) is 20.8 Å². The summed E-state index contributed by atoms with van der Waals surface area (Å²) in [5, 5.41) is 9.83. The van der Waals surface area contributed by atoms with E-state index >= 15 is 0 Å². The molecule has 0 aliphatic rings. The molecule has 1 aromatic rings. The van der Waals surface area contributed by atoms with Gasteiger partial charge in [0.1, 0.15) is 0 Å². The highest BCUT2D eigenvalue weighted by molar-refractivity contribution is 7.89. The van der Waals surface area contributed by atoms with Gasteiger partial charge in [0.25, 0.3) is 0 Å². The van der Waals surface area contributed by atoms with Crippen LogP contribution in [0, 0.1) is 11.8 Å². The minimum atomic E-state index is -3.64. The number of rotatable bonds is 6. The Balaban J connectivity index is 2.92. The van der Waals surface area contributed by atoms with Crippen LogP contribution in [0.2, 0.25) is 5.02 Å². The molecule has 108 valence electrons. The van der Waals surface area contributed by atoms with Crippen molar-refractivity contribution >= 4 is 21.6 Å². The van der Waals surface area contributed by atoms with Crippen LogP contribution in [0.15, 0.2) is 29.2 Å². The summed E-state index contributed by atoms with van der Waals surface area (Å²) < 4.78 is 26.9. The molecule has 2 N–H and O–H groups in total. The molecular formula is C13H20ClNO3S. The normalized spacial score (nSPS) is 15.5. The second-order valence-electron chi connectivity index (χ2n) is 4.97. The van der Waals surface area contributed by atoms with E-state index in [2.05, 4.69) is 4.72 Å². The summed E-state index contributed by atoms with van der Waals surface area (Å²) in [4.78, 5) is 0.145. The monoisotopic (exact) mass is 305 g/mol. The molecule has 0 aliphatic heterocycles. The Bertz CT molecular complexity index is 499. The Hall–Kier alpha value is -0.620. The van der Waals surface area contributed by atoms with E-state index in [-0.39, 0.29) is 23.3 Å². The Kier molecular flexibility index (Phi) is 5.80. The van der Waals surface area contributed by atoms with Gasteiger partial charge in [-0.05, 0) is 36.1 Å². The Morgan fingerprint density at radius 3 is 2.16 bits per heavy atom. The fourth-order valence-electron chi connectivity index (χ4n) is 1.66. The third kappa shape index (κ3) is 4.45. The van der Waals surface area contributed by atoms with Crippen molar-refractivity contribution < 1.29 is 13.5 Å². The van der Waals surface area contributed by atoms with Crippen LogP contribution in [0.3, 0.4) is 0 Å². The lowest BCUT2D eigenvalue weighted by Gasteiger charge is -2.26. The fourth-order valence-corrected chi connectivity index (χ4v) is 3.10. The molecule has 0 bridgehead atoms. The summed E-state index contributed by atoms with van der Waals surface area (Å²) in [6, 6.07) is 5.44. The maximum Gasteiger partial charge on any atom is 0.240 e. The van der Waals surface area contributed by atoms with Crippen molar-refractivity contribution in [3.05, 3.63) is 29.3 Å². The number of hydrogen-bond acceptors (Lipinski definition) is 3. The van der Waals surface area contributed by atoms with Crippen LogP contribution >= 0.6 is 11.6 Å². The van der Waals surface area contributed by atoms with E-state index in [4.69, 9.17) is 11.6 Å². The van der Waals surface area contributed by atoms with Crippen LogP contribution in [0.1, 0.15) is 20.8 Å². The summed E-state index contributed by atoms with van der Waals surface area (Å²) >= 11 is 5.73. The van der Waals surface area contributed by atoms with E-state index in [9.17, 15) is 13.5 Å². The minimum absolute atomic E-state index is 0.0343. The molecule has 0 radical (unpaired) electrons. The molecule has 1 rings (SSSR count). The topological polar surface area (TPSA) is 66.4 Å². The molecule has 0 spiro atoms. The molecule has 2 atom stereocenters. The molecule has 0 aromatic heterocycles. The molecule has 0 fully saturated rings. The van der Waals surface area contributed by atoms with Gasteiger partial charge < -0.3 is 5.11 Å². The molecule has 0 saturated heterocycles. The predicted octanol–water partition coefficient (Wildman–Crippen LogP) is 2.27. The second-order valence-corrected chi connectivity index (χ2v) is 7.12. The first-order valence-corrected chi connectivity index (χ1v) is 8.02. The third-order valence-electron chi connectivity index (χ3n) is 3.31. The number of benzene rings is 1. The average Bonchev–Trinajstić information content (AvgIpc) is 2.35. The summed E-state index contributed by atoms with van der Waals surface area (Å²) in [6.45, 7) is 5.66. The Morgan fingerprint density at radius 2 is 1.74 bits per heavy atom. The first-order chi connectivity index (χ1) is 8.77. The largest absolute Gasteiger partial charge is 0.395 e. The number of aliphatic hydroxyl groups is 1. The van der Waals surface area contributed by atoms with Crippen molar-refractivity contribution in [1.82, 2.24) is 4.72 Å². The summed E-state index contributed by atoms with van der Waals surface area (Å²) in [7, 11) is -3.64. The highest BCUT2D eigenvalue weighted by atomic mass is 35.5. The van der Waals surface area contributed by atoms with Gasteiger partial charge in [0.05, 0.1) is 11.5 Å². The van der Waals surface area contributed by atoms with Gasteiger partial charge in [-0.1, -0.05) is 32.4 Å². The zero-order valence-electron chi connectivity index (χ0n) is 11.3. The summed E-state index contributed by atoms with van der Waals surface area (Å²) in [5.74, 6) is 0.303. The standard InChI is InChI=1S/C13H20ClNO3S/c1-9(2)10(3)13(8-16)15-19(17,18)12-6-4-11(14)5-7-12/h4-7,9-10,13,15-16H,8H2,1-3H3/t10-,13+/m0/s1. The molecule has 4 nitrogen and oxygen atoms in total. The summed E-state index contributed by atoms with van der Waals surface area (Å²) in [5.41, 5.74) is 0. The number of aliphatic hydroxyl groups excluding tert-OH is 1. The maximum atomic E-state index is 12.2. The lowest BCUT2D eigenvalue weighted by Crippen LogP contribution is -2.43. The molecular weight excluding hydrogens is 286 g/mol. The molecule has 0 saturated carbocycles. The highest BCUT2D eigenvalue weighted by Gasteiger charge is 2.25. The SMILES string of the molecule is CC(C)[C@H](C)[C@@H](CO)NS(=O)(=O)c1ccc(Cl)cc1. The minimum Gasteiger partial charge on any atom is -0.395 e. The predicted molar refractivity (Wildman–Crippen MR) is 76.6 cm³/mol. The molecule has 0 heterocycles. The number of halogens is 1. The van der Waals surface area contributed by atoms with E-state index in [1.54, 1.807) is 0 Å². The van der Waals surface area contributed by atoms with Crippen molar-refractivity contribution in [3.8, 4) is 0 Å². The van der Waals surface area contributed by atoms with E-state index in [0.29, 0.717) is 5.02 Å². The summed E-state index contributed by atoms with van der Waals surface area (Å²) in [6.07, 6.45) is 0. The zero-order valence-corrected chi connectivity index (χ0v) is 12.9. The molecule has 0 aliphatic carbocycles. The molecule has 0 unspecified atom stereocenters. The van der Waals surface area contributed by atoms with Crippen LogP contribution < -0.4 is 4.72 Å². The molecule has 6 heteroatoms. The fraction of sp³-hybridized carbons (Fsp3) is 0.538. The van der Waals surface area contributed by atoms with E-state index < -0.39 is 16.1 Å². The van der Waals surface area contributed by atoms with Crippen LogP contribution in [-0.2, 0) is 10.0 Å². The Labute approximate surface area is 119 Å². The number of sulfonamides is 1. The van der Waals surface area contributed by atoms with Gasteiger partial charge in [-0.3, -0.25) is 0 Å². The van der Waals surface area contributed by atoms with E-state index in [1.165, 1.54) is 24.3 Å². The number of nitrogens with one attached hydrogen (secondary N) is 1. The first kappa shape index (κ1) is 16.4. The lowest BCUT2D eigenvalue weighted by atomic mass is 9.91. The quantitative estimate of drug-likeness (QED) is 0.847. The third-order valence-corrected chi connectivity index (χ3v) is 5.07. The van der Waals surface area contributed by atoms with Crippen molar-refractivity contribution in [1.29, 1.82) is 0 Å².